The summed E-state index contributed by atoms with van der Waals surface area (Å²) >= 11 is 0. The number of hydrogen-bond acceptors (Lipinski definition) is 3. The smallest absolute Gasteiger partial charge is 0.372 e. The number of fused-ring (bicyclic) bond motifs is 1. The number of alkyl halides is 3. The average Bonchev–Trinajstić information content (AvgIpc) is 3.03. The van der Waals surface area contributed by atoms with E-state index in [2.05, 4.69) is 14.6 Å². The summed E-state index contributed by atoms with van der Waals surface area (Å²) in [6, 6.07) is 7.91. The van der Waals surface area contributed by atoms with Gasteiger partial charge in [0, 0.05) is 50.2 Å². The molecule has 1 aliphatic rings. The number of carbonyl (C=O) groups is 1. The van der Waals surface area contributed by atoms with E-state index >= 15 is 0 Å². The summed E-state index contributed by atoms with van der Waals surface area (Å²) in [7, 11) is 0. The number of ether oxygens (including phenoxy) is 1. The Morgan fingerprint density at radius 1 is 1.19 bits per heavy atom. The van der Waals surface area contributed by atoms with Crippen LogP contribution in [0.3, 0.4) is 0 Å². The zero-order valence-corrected chi connectivity index (χ0v) is 15.3. The van der Waals surface area contributed by atoms with E-state index in [9.17, 15) is 18.0 Å². The van der Waals surface area contributed by atoms with Crippen LogP contribution in [0.2, 0.25) is 0 Å². The quantitative estimate of drug-likeness (QED) is 0.780. The summed E-state index contributed by atoms with van der Waals surface area (Å²) < 4.78 is 40.6. The monoisotopic (exact) mass is 383 g/mol. The van der Waals surface area contributed by atoms with E-state index in [1.807, 2.05) is 36.1 Å². The van der Waals surface area contributed by atoms with Gasteiger partial charge in [0.2, 0.25) is 0 Å². The highest BCUT2D eigenvalue weighted by atomic mass is 19.4. The van der Waals surface area contributed by atoms with E-state index in [0.29, 0.717) is 44.8 Å². The van der Waals surface area contributed by atoms with Gasteiger partial charge in [-0.15, -0.1) is 0 Å². The van der Waals surface area contributed by atoms with Gasteiger partial charge < -0.3 is 14.6 Å². The summed E-state index contributed by atoms with van der Waals surface area (Å²) in [4.78, 5) is 19.9. The Hall–Kier alpha value is -2.06. The molecule has 1 fully saturated rings. The molecule has 0 aliphatic carbocycles. The molecule has 5 nitrogen and oxygen atoms in total. The first-order valence-electron chi connectivity index (χ1n) is 9.07. The molecule has 1 aliphatic heterocycles. The lowest BCUT2D eigenvalue weighted by Gasteiger charge is -2.34. The van der Waals surface area contributed by atoms with Crippen molar-refractivity contribution in [2.24, 2.45) is 0 Å². The molecule has 0 radical (unpaired) electrons. The number of hydrogen-bond donors (Lipinski definition) is 1. The highest BCUT2D eigenvalue weighted by Crippen LogP contribution is 2.19. The minimum absolute atomic E-state index is 0.0167. The maximum atomic E-state index is 12.7. The van der Waals surface area contributed by atoms with Crippen LogP contribution in [-0.4, -0.2) is 72.8 Å². The van der Waals surface area contributed by atoms with Crippen molar-refractivity contribution in [3.8, 4) is 0 Å². The van der Waals surface area contributed by atoms with Crippen molar-refractivity contribution in [1.29, 1.82) is 0 Å². The molecule has 2 heterocycles. The average molecular weight is 383 g/mol. The summed E-state index contributed by atoms with van der Waals surface area (Å²) in [5.41, 5.74) is 2.68. The van der Waals surface area contributed by atoms with E-state index in [0.717, 1.165) is 16.5 Å². The van der Waals surface area contributed by atoms with Crippen molar-refractivity contribution >= 4 is 16.8 Å². The lowest BCUT2D eigenvalue weighted by Crippen LogP contribution is -2.49. The SMILES string of the molecule is Cc1ccc2cc(C(=O)N3CCN(CCCOCC(F)(F)F)CC3)[nH]c2c1. The molecular weight excluding hydrogens is 359 g/mol. The fourth-order valence-corrected chi connectivity index (χ4v) is 3.28. The van der Waals surface area contributed by atoms with Crippen molar-refractivity contribution in [3.63, 3.8) is 0 Å². The van der Waals surface area contributed by atoms with Crippen LogP contribution >= 0.6 is 0 Å². The number of H-pyrrole nitrogens is 1. The normalized spacial score (nSPS) is 16.2. The molecule has 0 atom stereocenters. The third-order valence-electron chi connectivity index (χ3n) is 4.70. The van der Waals surface area contributed by atoms with Crippen molar-refractivity contribution < 1.29 is 22.7 Å². The Bertz CT molecular complexity index is 780. The first-order valence-corrected chi connectivity index (χ1v) is 9.07. The van der Waals surface area contributed by atoms with Crippen LogP contribution in [0.5, 0.6) is 0 Å². The number of amides is 1. The molecule has 0 unspecified atom stereocenters. The molecule has 3 rings (SSSR count). The first-order chi connectivity index (χ1) is 12.8. The Kier molecular flexibility index (Phi) is 6.06. The van der Waals surface area contributed by atoms with E-state index in [4.69, 9.17) is 0 Å². The molecule has 2 aromatic rings. The Labute approximate surface area is 156 Å². The van der Waals surface area contributed by atoms with Gasteiger partial charge in [-0.05, 0) is 31.0 Å². The van der Waals surface area contributed by atoms with Gasteiger partial charge in [-0.1, -0.05) is 12.1 Å². The predicted octanol–water partition coefficient (Wildman–Crippen LogP) is 3.20. The number of halogens is 3. The Balaban J connectivity index is 1.43. The van der Waals surface area contributed by atoms with Crippen LogP contribution < -0.4 is 0 Å². The molecule has 148 valence electrons. The standard InChI is InChI=1S/C19H24F3N3O2/c1-14-3-4-15-12-17(23-16(15)11-14)18(26)25-8-6-24(7-9-25)5-2-10-27-13-19(20,21)22/h3-4,11-12,23H,2,5-10,13H2,1H3. The molecule has 27 heavy (non-hydrogen) atoms. The number of nitrogens with one attached hydrogen (secondary N) is 1. The number of nitrogens with zero attached hydrogens (tertiary/aromatic N) is 2. The van der Waals surface area contributed by atoms with Crippen LogP contribution in [-0.2, 0) is 4.74 Å². The second-order valence-corrected chi connectivity index (χ2v) is 6.93. The second kappa shape index (κ2) is 8.31. The second-order valence-electron chi connectivity index (χ2n) is 6.93. The van der Waals surface area contributed by atoms with E-state index in [-0.39, 0.29) is 12.5 Å². The van der Waals surface area contributed by atoms with Crippen LogP contribution in [0, 0.1) is 6.92 Å². The Morgan fingerprint density at radius 2 is 1.93 bits per heavy atom. The largest absolute Gasteiger partial charge is 0.411 e. The molecular formula is C19H24F3N3O2. The fraction of sp³-hybridized carbons (Fsp3) is 0.526. The van der Waals surface area contributed by atoms with Gasteiger partial charge in [-0.3, -0.25) is 9.69 Å². The number of carbonyl (C=O) groups excluding carboxylic acids is 1. The van der Waals surface area contributed by atoms with Crippen LogP contribution in [0.4, 0.5) is 13.2 Å². The molecule has 1 N–H and O–H groups in total. The van der Waals surface area contributed by atoms with Crippen LogP contribution in [0.1, 0.15) is 22.5 Å². The zero-order valence-electron chi connectivity index (χ0n) is 15.3. The molecule has 0 spiro atoms. The maximum Gasteiger partial charge on any atom is 0.411 e. The van der Waals surface area contributed by atoms with Crippen LogP contribution in [0.25, 0.3) is 10.9 Å². The lowest BCUT2D eigenvalue weighted by molar-refractivity contribution is -0.174. The Morgan fingerprint density at radius 3 is 2.63 bits per heavy atom. The van der Waals surface area contributed by atoms with Crippen LogP contribution in [0.15, 0.2) is 24.3 Å². The summed E-state index contributed by atoms with van der Waals surface area (Å²) in [5.74, 6) is -0.0167. The lowest BCUT2D eigenvalue weighted by atomic mass is 10.2. The van der Waals surface area contributed by atoms with E-state index < -0.39 is 12.8 Å². The highest BCUT2D eigenvalue weighted by Gasteiger charge is 2.27. The molecule has 0 bridgehead atoms. The minimum Gasteiger partial charge on any atom is -0.372 e. The van der Waals surface area contributed by atoms with E-state index in [1.54, 1.807) is 0 Å². The first kappa shape index (κ1) is 19.7. The minimum atomic E-state index is -4.27. The van der Waals surface area contributed by atoms with E-state index in [1.165, 1.54) is 0 Å². The number of aromatic amines is 1. The highest BCUT2D eigenvalue weighted by molar-refractivity contribution is 5.98. The van der Waals surface area contributed by atoms with Crippen molar-refractivity contribution in [1.82, 2.24) is 14.8 Å². The van der Waals surface area contributed by atoms with Gasteiger partial charge in [0.15, 0.2) is 0 Å². The van der Waals surface area contributed by atoms with Gasteiger partial charge in [0.25, 0.3) is 5.91 Å². The van der Waals surface area contributed by atoms with Crippen molar-refractivity contribution in [2.75, 3.05) is 45.9 Å². The van der Waals surface area contributed by atoms with Gasteiger partial charge >= 0.3 is 6.18 Å². The van der Waals surface area contributed by atoms with Crippen molar-refractivity contribution in [2.45, 2.75) is 19.5 Å². The molecule has 0 saturated carbocycles. The molecule has 1 saturated heterocycles. The fourth-order valence-electron chi connectivity index (χ4n) is 3.28. The van der Waals surface area contributed by atoms with Gasteiger partial charge in [-0.2, -0.15) is 13.2 Å². The van der Waals surface area contributed by atoms with Gasteiger partial charge in [-0.25, -0.2) is 0 Å². The summed E-state index contributed by atoms with van der Waals surface area (Å²) in [6.45, 7) is 4.22. The number of rotatable bonds is 6. The number of piperazine rings is 1. The topological polar surface area (TPSA) is 48.6 Å². The van der Waals surface area contributed by atoms with Crippen molar-refractivity contribution in [3.05, 3.63) is 35.5 Å². The predicted molar refractivity (Wildman–Crippen MR) is 96.9 cm³/mol. The van der Waals surface area contributed by atoms with Gasteiger partial charge in [0.05, 0.1) is 0 Å². The third-order valence-corrected chi connectivity index (χ3v) is 4.70. The molecule has 1 aromatic heterocycles. The number of aromatic nitrogens is 1. The third kappa shape index (κ3) is 5.46. The molecule has 1 aromatic carbocycles. The summed E-state index contributed by atoms with van der Waals surface area (Å²) in [6.07, 6.45) is -3.72. The maximum absolute atomic E-state index is 12.7. The molecule has 8 heteroatoms. The summed E-state index contributed by atoms with van der Waals surface area (Å²) in [5, 5.41) is 1.02. The molecule has 1 amide bonds. The number of benzene rings is 1. The zero-order chi connectivity index (χ0) is 19.4. The van der Waals surface area contributed by atoms with Gasteiger partial charge in [0.1, 0.15) is 12.3 Å². The number of aryl methyl sites for hydroxylation is 1.